The Morgan fingerprint density at radius 3 is 2.44 bits per heavy atom. The van der Waals surface area contributed by atoms with Crippen molar-refractivity contribution in [1.82, 2.24) is 15.1 Å². The van der Waals surface area contributed by atoms with Crippen molar-refractivity contribution in [3.8, 4) is 0 Å². The van der Waals surface area contributed by atoms with Gasteiger partial charge in [-0.3, -0.25) is 4.79 Å². The average Bonchev–Trinajstić information content (AvgIpc) is 3.17. The third kappa shape index (κ3) is 4.09. The normalized spacial score (nSPS) is 14.8. The monoisotopic (exact) mass is 339 g/mol. The Balaban J connectivity index is 1.48. The van der Waals surface area contributed by atoms with E-state index in [1.807, 2.05) is 37.3 Å². The Morgan fingerprint density at radius 1 is 1.04 bits per heavy atom. The van der Waals surface area contributed by atoms with Gasteiger partial charge in [0.05, 0.1) is 6.26 Å². The van der Waals surface area contributed by atoms with Gasteiger partial charge in [-0.2, -0.15) is 0 Å². The number of carbonyl (C=O) groups excluding carboxylic acids is 2. The molecular weight excluding hydrogens is 318 g/mol. The average molecular weight is 339 g/mol. The zero-order chi connectivity index (χ0) is 17.6. The molecule has 1 saturated heterocycles. The Kier molecular flexibility index (Phi) is 5.18. The summed E-state index contributed by atoms with van der Waals surface area (Å²) < 4.78 is 5.13. The molecule has 1 aliphatic heterocycles. The number of benzene rings is 1. The highest BCUT2D eigenvalue weighted by Gasteiger charge is 2.25. The number of nitrogens with zero attached hydrogens (tertiary/aromatic N) is 2. The Morgan fingerprint density at radius 2 is 1.76 bits per heavy atom. The number of urea groups is 1. The minimum Gasteiger partial charge on any atom is -0.459 e. The molecule has 0 unspecified atom stereocenters. The fourth-order valence-corrected chi connectivity index (χ4v) is 2.74. The van der Waals surface area contributed by atoms with Crippen molar-refractivity contribution in [3.63, 3.8) is 0 Å². The summed E-state index contributed by atoms with van der Waals surface area (Å²) in [5.41, 5.74) is 2.22. The van der Waals surface area contributed by atoms with Crippen LogP contribution in [0.2, 0.25) is 0 Å². The van der Waals surface area contributed by atoms with E-state index in [1.165, 1.54) is 6.26 Å². The minimum atomic E-state index is -0.157. The molecule has 1 aromatic heterocycles. The minimum absolute atomic E-state index is 0.135. The predicted octanol–water partition coefficient (Wildman–Crippen LogP) is 2.73. The van der Waals surface area contributed by atoms with Crippen molar-refractivity contribution in [2.75, 3.05) is 26.2 Å². The molecule has 2 aromatic rings. The van der Waals surface area contributed by atoms with Gasteiger partial charge < -0.3 is 19.5 Å². The van der Waals surface area contributed by atoms with E-state index < -0.39 is 0 Å². The van der Waals surface area contributed by atoms with Gasteiger partial charge >= 0.3 is 6.03 Å². The van der Waals surface area contributed by atoms with Crippen LogP contribution in [0.4, 0.5) is 4.79 Å². The quantitative estimate of drug-likeness (QED) is 0.935. The molecule has 0 bridgehead atoms. The summed E-state index contributed by atoms with van der Waals surface area (Å²) in [4.78, 5) is 27.8. The molecule has 0 radical (unpaired) electrons. The summed E-state index contributed by atoms with van der Waals surface area (Å²) in [7, 11) is 0. The summed E-state index contributed by atoms with van der Waals surface area (Å²) in [6.45, 7) is 4.01. The van der Waals surface area contributed by atoms with Crippen LogP contribution < -0.4 is 5.32 Å². The van der Waals surface area contributed by atoms with Crippen LogP contribution in [0.1, 0.15) is 21.7 Å². The van der Waals surface area contributed by atoms with Gasteiger partial charge in [0.15, 0.2) is 5.76 Å². The lowest BCUT2D eigenvalue weighted by atomic mass is 10.1. The summed E-state index contributed by atoms with van der Waals surface area (Å²) in [6, 6.07) is 11.1. The first-order valence-corrected chi connectivity index (χ1v) is 8.25. The van der Waals surface area contributed by atoms with Gasteiger partial charge in [0.25, 0.3) is 5.91 Å². The predicted molar refractivity (Wildman–Crippen MR) is 94.9 cm³/mol. The van der Waals surface area contributed by atoms with E-state index in [4.69, 9.17) is 4.42 Å². The molecule has 1 aliphatic rings. The van der Waals surface area contributed by atoms with Gasteiger partial charge in [0.1, 0.15) is 0 Å². The van der Waals surface area contributed by atoms with Gasteiger partial charge in [0, 0.05) is 32.4 Å². The van der Waals surface area contributed by atoms with Gasteiger partial charge in [-0.05, 0) is 36.3 Å². The summed E-state index contributed by atoms with van der Waals surface area (Å²) in [5, 5.41) is 2.78. The molecule has 6 heteroatoms. The highest BCUT2D eigenvalue weighted by Crippen LogP contribution is 2.10. The Labute approximate surface area is 146 Å². The maximum atomic E-state index is 12.2. The zero-order valence-corrected chi connectivity index (χ0v) is 14.1. The molecule has 0 aliphatic carbocycles. The van der Waals surface area contributed by atoms with Gasteiger partial charge in [-0.25, -0.2) is 4.79 Å². The van der Waals surface area contributed by atoms with E-state index in [0.717, 1.165) is 11.1 Å². The van der Waals surface area contributed by atoms with Crippen molar-refractivity contribution in [1.29, 1.82) is 0 Å². The first-order valence-electron chi connectivity index (χ1n) is 8.25. The van der Waals surface area contributed by atoms with Crippen LogP contribution in [0.5, 0.6) is 0 Å². The largest absolute Gasteiger partial charge is 0.459 e. The second-order valence-electron chi connectivity index (χ2n) is 5.90. The standard InChI is InChI=1S/C19H21N3O3/c1-15-5-2-3-6-16(15)8-9-20-19(24)22-12-10-21(11-13-22)18(23)17-7-4-14-25-17/h2-9,14H,10-13H2,1H3,(H,20,24)/b9-8+. The van der Waals surface area contributed by atoms with E-state index >= 15 is 0 Å². The molecule has 6 nitrogen and oxygen atoms in total. The lowest BCUT2D eigenvalue weighted by Crippen LogP contribution is -2.52. The third-order valence-electron chi connectivity index (χ3n) is 4.24. The van der Waals surface area contributed by atoms with Crippen molar-refractivity contribution in [2.24, 2.45) is 0 Å². The van der Waals surface area contributed by atoms with Gasteiger partial charge in [-0.1, -0.05) is 24.3 Å². The zero-order valence-electron chi connectivity index (χ0n) is 14.1. The SMILES string of the molecule is Cc1ccccc1/C=C/NC(=O)N1CCN(C(=O)c2ccco2)CC1. The topological polar surface area (TPSA) is 65.8 Å². The molecule has 1 aromatic carbocycles. The number of piperazine rings is 1. The van der Waals surface area contributed by atoms with Crippen LogP contribution in [0.3, 0.4) is 0 Å². The number of nitrogens with one attached hydrogen (secondary N) is 1. The molecule has 1 N–H and O–H groups in total. The maximum absolute atomic E-state index is 12.2. The molecule has 3 amide bonds. The molecule has 2 heterocycles. The number of hydrogen-bond donors (Lipinski definition) is 1. The van der Waals surface area contributed by atoms with E-state index in [9.17, 15) is 9.59 Å². The molecule has 0 atom stereocenters. The second-order valence-corrected chi connectivity index (χ2v) is 5.90. The van der Waals surface area contributed by atoms with Crippen LogP contribution in [0.15, 0.2) is 53.3 Å². The van der Waals surface area contributed by atoms with Crippen molar-refractivity contribution in [2.45, 2.75) is 6.92 Å². The summed E-state index contributed by atoms with van der Waals surface area (Å²) >= 11 is 0. The smallest absolute Gasteiger partial charge is 0.321 e. The Bertz CT molecular complexity index is 760. The lowest BCUT2D eigenvalue weighted by Gasteiger charge is -2.34. The number of carbonyl (C=O) groups is 2. The number of furan rings is 1. The Hall–Kier alpha value is -3.02. The van der Waals surface area contributed by atoms with Gasteiger partial charge in [0.2, 0.25) is 0 Å². The first-order chi connectivity index (χ1) is 12.1. The second kappa shape index (κ2) is 7.70. The van der Waals surface area contributed by atoms with Crippen molar-refractivity contribution in [3.05, 3.63) is 65.7 Å². The molecule has 25 heavy (non-hydrogen) atoms. The highest BCUT2D eigenvalue weighted by atomic mass is 16.3. The molecule has 0 spiro atoms. The van der Waals surface area contributed by atoms with Crippen LogP contribution in [-0.4, -0.2) is 47.9 Å². The summed E-state index contributed by atoms with van der Waals surface area (Å²) in [5.74, 6) is 0.198. The number of amides is 3. The van der Waals surface area contributed by atoms with Gasteiger partial charge in [-0.15, -0.1) is 0 Å². The third-order valence-corrected chi connectivity index (χ3v) is 4.24. The molecular formula is C19H21N3O3. The summed E-state index contributed by atoms with van der Waals surface area (Å²) in [6.07, 6.45) is 5.02. The van der Waals surface area contributed by atoms with E-state index in [1.54, 1.807) is 28.1 Å². The molecule has 1 fully saturated rings. The van der Waals surface area contributed by atoms with Crippen LogP contribution in [0.25, 0.3) is 6.08 Å². The van der Waals surface area contributed by atoms with E-state index in [0.29, 0.717) is 31.9 Å². The first kappa shape index (κ1) is 16.8. The fraction of sp³-hybridized carbons (Fsp3) is 0.263. The fourth-order valence-electron chi connectivity index (χ4n) is 2.74. The number of hydrogen-bond acceptors (Lipinski definition) is 3. The highest BCUT2D eigenvalue weighted by molar-refractivity contribution is 5.91. The van der Waals surface area contributed by atoms with E-state index in [-0.39, 0.29) is 11.9 Å². The number of aryl methyl sites for hydroxylation is 1. The van der Waals surface area contributed by atoms with Crippen molar-refractivity contribution >= 4 is 18.0 Å². The lowest BCUT2D eigenvalue weighted by molar-refractivity contribution is 0.0636. The van der Waals surface area contributed by atoms with Crippen LogP contribution >= 0.6 is 0 Å². The number of rotatable bonds is 3. The van der Waals surface area contributed by atoms with Crippen LogP contribution in [-0.2, 0) is 0 Å². The molecule has 0 saturated carbocycles. The maximum Gasteiger partial charge on any atom is 0.321 e. The molecule has 3 rings (SSSR count). The van der Waals surface area contributed by atoms with E-state index in [2.05, 4.69) is 5.32 Å². The molecule has 130 valence electrons. The van der Waals surface area contributed by atoms with Crippen LogP contribution in [0, 0.1) is 6.92 Å². The van der Waals surface area contributed by atoms with Crippen molar-refractivity contribution < 1.29 is 14.0 Å².